The number of nitrogens with one attached hydrogen (secondary N) is 1. The van der Waals surface area contributed by atoms with Crippen LogP contribution in [0.25, 0.3) is 21.7 Å². The van der Waals surface area contributed by atoms with Crippen molar-refractivity contribution in [1.82, 2.24) is 9.88 Å². The molecule has 1 saturated heterocycles. The van der Waals surface area contributed by atoms with Crippen molar-refractivity contribution in [3.05, 3.63) is 48.2 Å². The highest BCUT2D eigenvalue weighted by atomic mass is 16.4. The summed E-state index contributed by atoms with van der Waals surface area (Å²) in [6.07, 6.45) is 0.505. The van der Waals surface area contributed by atoms with E-state index in [1.54, 1.807) is 4.90 Å². The van der Waals surface area contributed by atoms with Gasteiger partial charge in [0, 0.05) is 23.5 Å². The summed E-state index contributed by atoms with van der Waals surface area (Å²) in [4.78, 5) is 28.9. The lowest BCUT2D eigenvalue weighted by atomic mass is 10.0. The van der Waals surface area contributed by atoms with Crippen LogP contribution in [0.1, 0.15) is 23.8 Å². The summed E-state index contributed by atoms with van der Waals surface area (Å²) in [5.74, 6) is -1.45. The summed E-state index contributed by atoms with van der Waals surface area (Å²) in [5.41, 5.74) is 1.43. The van der Waals surface area contributed by atoms with Gasteiger partial charge in [-0.05, 0) is 36.2 Å². The summed E-state index contributed by atoms with van der Waals surface area (Å²) in [7, 11) is 0. The Balaban J connectivity index is 1.73. The van der Waals surface area contributed by atoms with Crippen LogP contribution in [-0.4, -0.2) is 39.5 Å². The molecule has 2 atom stereocenters. The summed E-state index contributed by atoms with van der Waals surface area (Å²) < 4.78 is 0. The maximum Gasteiger partial charge on any atom is 0.308 e. The van der Waals surface area contributed by atoms with Gasteiger partial charge in [-0.1, -0.05) is 30.3 Å². The molecule has 1 aliphatic heterocycles. The Morgan fingerprint density at radius 2 is 1.96 bits per heavy atom. The third-order valence-electron chi connectivity index (χ3n) is 5.09. The maximum atomic E-state index is 12.8. The third kappa shape index (κ3) is 2.16. The van der Waals surface area contributed by atoms with Crippen molar-refractivity contribution in [2.24, 2.45) is 5.92 Å². The van der Waals surface area contributed by atoms with Crippen molar-refractivity contribution in [3.8, 4) is 0 Å². The average Bonchev–Trinajstić information content (AvgIpc) is 3.18. The first-order chi connectivity index (χ1) is 11.6. The second-order valence-electron chi connectivity index (χ2n) is 6.40. The van der Waals surface area contributed by atoms with Gasteiger partial charge in [0.05, 0.1) is 5.92 Å². The molecule has 2 N–H and O–H groups in total. The lowest BCUT2D eigenvalue weighted by Gasteiger charge is -2.22. The Morgan fingerprint density at radius 3 is 2.71 bits per heavy atom. The van der Waals surface area contributed by atoms with E-state index in [1.807, 2.05) is 49.4 Å². The van der Waals surface area contributed by atoms with Gasteiger partial charge in [0.25, 0.3) is 5.91 Å². The minimum atomic E-state index is -0.833. The molecule has 1 aliphatic rings. The highest BCUT2D eigenvalue weighted by Gasteiger charge is 2.38. The maximum absolute atomic E-state index is 12.8. The van der Waals surface area contributed by atoms with Crippen molar-refractivity contribution in [2.45, 2.75) is 19.4 Å². The molecule has 1 fully saturated rings. The van der Waals surface area contributed by atoms with Gasteiger partial charge in [-0.25, -0.2) is 0 Å². The molecule has 1 amide bonds. The van der Waals surface area contributed by atoms with E-state index < -0.39 is 11.9 Å². The number of carbonyl (C=O) groups excluding carboxylic acids is 1. The number of carboxylic acid groups (broad SMARTS) is 1. The molecular weight excluding hydrogens is 304 g/mol. The molecule has 1 aromatic heterocycles. The lowest BCUT2D eigenvalue weighted by Crippen LogP contribution is -2.37. The number of benzene rings is 2. The molecule has 2 heterocycles. The zero-order chi connectivity index (χ0) is 16.8. The second kappa shape index (κ2) is 5.37. The molecule has 0 spiro atoms. The van der Waals surface area contributed by atoms with Crippen LogP contribution in [0.5, 0.6) is 0 Å². The number of carboxylic acids is 1. The number of nitrogens with zero attached hydrogens (tertiary/aromatic N) is 1. The van der Waals surface area contributed by atoms with Gasteiger partial charge in [0.15, 0.2) is 0 Å². The number of carbonyl (C=O) groups is 2. The van der Waals surface area contributed by atoms with E-state index in [4.69, 9.17) is 0 Å². The first-order valence-corrected chi connectivity index (χ1v) is 8.10. The van der Waals surface area contributed by atoms with Crippen LogP contribution >= 0.6 is 0 Å². The number of fused-ring (bicyclic) bond motifs is 3. The topological polar surface area (TPSA) is 73.4 Å². The van der Waals surface area contributed by atoms with Crippen LogP contribution in [0.2, 0.25) is 0 Å². The molecule has 122 valence electrons. The van der Waals surface area contributed by atoms with Crippen molar-refractivity contribution < 1.29 is 14.7 Å². The molecule has 0 radical (unpaired) electrons. The molecule has 0 saturated carbocycles. The first-order valence-electron chi connectivity index (χ1n) is 8.10. The Bertz CT molecular complexity index is 960. The molecule has 0 aliphatic carbocycles. The average molecular weight is 322 g/mol. The van der Waals surface area contributed by atoms with Gasteiger partial charge >= 0.3 is 5.97 Å². The number of amides is 1. The summed E-state index contributed by atoms with van der Waals surface area (Å²) in [6.45, 7) is 2.29. The smallest absolute Gasteiger partial charge is 0.308 e. The van der Waals surface area contributed by atoms with E-state index in [0.717, 1.165) is 21.7 Å². The fraction of sp³-hybridized carbons (Fsp3) is 0.263. The predicted molar refractivity (Wildman–Crippen MR) is 92.0 cm³/mol. The quantitative estimate of drug-likeness (QED) is 0.760. The van der Waals surface area contributed by atoms with Crippen LogP contribution in [0.4, 0.5) is 0 Å². The standard InChI is InChI=1S/C19H18N2O3/c1-11-13(19(23)24)8-9-21(11)18(22)17-10-15-14-5-3-2-4-12(14)6-7-16(15)20-17/h2-7,10-11,13,20H,8-9H2,1H3,(H,23,24). The molecule has 3 aromatic rings. The van der Waals surface area contributed by atoms with Gasteiger partial charge < -0.3 is 15.0 Å². The van der Waals surface area contributed by atoms with E-state index in [0.29, 0.717) is 18.7 Å². The van der Waals surface area contributed by atoms with Crippen molar-refractivity contribution in [3.63, 3.8) is 0 Å². The predicted octanol–water partition coefficient (Wildman–Crippen LogP) is 3.26. The molecule has 5 heteroatoms. The van der Waals surface area contributed by atoms with Gasteiger partial charge in [0.2, 0.25) is 0 Å². The van der Waals surface area contributed by atoms with Gasteiger partial charge in [0.1, 0.15) is 5.69 Å². The SMILES string of the molecule is CC1C(C(=O)O)CCN1C(=O)c1cc2c(ccc3ccccc32)[nH]1. The molecule has 2 unspecified atom stereocenters. The van der Waals surface area contributed by atoms with Crippen LogP contribution in [0.15, 0.2) is 42.5 Å². The molecule has 24 heavy (non-hydrogen) atoms. The Morgan fingerprint density at radius 1 is 1.17 bits per heavy atom. The minimum Gasteiger partial charge on any atom is -0.481 e. The van der Waals surface area contributed by atoms with Crippen molar-refractivity contribution >= 4 is 33.6 Å². The normalized spacial score (nSPS) is 20.8. The molecule has 4 rings (SSSR count). The number of hydrogen-bond donors (Lipinski definition) is 2. The van der Waals surface area contributed by atoms with E-state index in [1.165, 1.54) is 0 Å². The van der Waals surface area contributed by atoms with E-state index >= 15 is 0 Å². The third-order valence-corrected chi connectivity index (χ3v) is 5.09. The largest absolute Gasteiger partial charge is 0.481 e. The summed E-state index contributed by atoms with van der Waals surface area (Å²) in [5, 5.41) is 12.5. The summed E-state index contributed by atoms with van der Waals surface area (Å²) >= 11 is 0. The first kappa shape index (κ1) is 14.8. The van der Waals surface area contributed by atoms with Crippen LogP contribution in [0, 0.1) is 5.92 Å². The van der Waals surface area contributed by atoms with Crippen LogP contribution in [0.3, 0.4) is 0 Å². The number of aliphatic carboxylic acids is 1. The highest BCUT2D eigenvalue weighted by Crippen LogP contribution is 2.29. The monoisotopic (exact) mass is 322 g/mol. The Kier molecular flexibility index (Phi) is 3.30. The van der Waals surface area contributed by atoms with E-state index in [-0.39, 0.29) is 11.9 Å². The fourth-order valence-corrected chi connectivity index (χ4v) is 3.71. The molecule has 0 bridgehead atoms. The number of rotatable bonds is 2. The van der Waals surface area contributed by atoms with Crippen LogP contribution < -0.4 is 0 Å². The number of hydrogen-bond acceptors (Lipinski definition) is 2. The summed E-state index contributed by atoms with van der Waals surface area (Å²) in [6, 6.07) is 13.6. The van der Waals surface area contributed by atoms with Gasteiger partial charge in [-0.15, -0.1) is 0 Å². The number of aromatic amines is 1. The van der Waals surface area contributed by atoms with Crippen molar-refractivity contribution in [1.29, 1.82) is 0 Å². The van der Waals surface area contributed by atoms with Crippen LogP contribution in [-0.2, 0) is 4.79 Å². The number of aromatic nitrogens is 1. The molecule has 5 nitrogen and oxygen atoms in total. The zero-order valence-electron chi connectivity index (χ0n) is 13.3. The van der Waals surface area contributed by atoms with Gasteiger partial charge in [-0.3, -0.25) is 9.59 Å². The minimum absolute atomic E-state index is 0.133. The Hall–Kier alpha value is -2.82. The van der Waals surface area contributed by atoms with Crippen molar-refractivity contribution in [2.75, 3.05) is 6.54 Å². The van der Waals surface area contributed by atoms with E-state index in [9.17, 15) is 14.7 Å². The lowest BCUT2D eigenvalue weighted by molar-refractivity contribution is -0.142. The molecule has 2 aromatic carbocycles. The van der Waals surface area contributed by atoms with E-state index in [2.05, 4.69) is 4.98 Å². The fourth-order valence-electron chi connectivity index (χ4n) is 3.71. The zero-order valence-corrected chi connectivity index (χ0v) is 13.3. The highest BCUT2D eigenvalue weighted by molar-refractivity contribution is 6.09. The second-order valence-corrected chi connectivity index (χ2v) is 6.40. The number of H-pyrrole nitrogens is 1. The van der Waals surface area contributed by atoms with Gasteiger partial charge in [-0.2, -0.15) is 0 Å². The molecular formula is C19H18N2O3. The number of likely N-dealkylation sites (tertiary alicyclic amines) is 1. The Labute approximate surface area is 138 Å².